The average Bonchev–Trinajstić information content (AvgIpc) is 2.89. The van der Waals surface area contributed by atoms with Gasteiger partial charge in [0, 0.05) is 12.2 Å². The summed E-state index contributed by atoms with van der Waals surface area (Å²) in [4.78, 5) is 16.0. The van der Waals surface area contributed by atoms with E-state index in [0.717, 1.165) is 0 Å². The van der Waals surface area contributed by atoms with E-state index in [1.165, 1.54) is 0 Å². The van der Waals surface area contributed by atoms with Crippen LogP contribution in [0, 0.1) is 0 Å². The van der Waals surface area contributed by atoms with Crippen molar-refractivity contribution in [3.8, 4) is 5.75 Å². The summed E-state index contributed by atoms with van der Waals surface area (Å²) in [6.07, 6.45) is 3.11. The molecular weight excluding hydrogens is 246 g/mol. The molecule has 0 bridgehead atoms. The minimum Gasteiger partial charge on any atom is -0.485 e. The number of aromatic nitrogens is 4. The van der Waals surface area contributed by atoms with Crippen LogP contribution in [0.5, 0.6) is 5.75 Å². The first-order valence-electron chi connectivity index (χ1n) is 5.90. The quantitative estimate of drug-likeness (QED) is 0.834. The lowest BCUT2D eigenvalue weighted by molar-refractivity contribution is 0.0933. The maximum absolute atomic E-state index is 11.9. The highest BCUT2D eigenvalue weighted by molar-refractivity contribution is 5.95. The van der Waals surface area contributed by atoms with Crippen LogP contribution in [-0.4, -0.2) is 32.3 Å². The highest BCUT2D eigenvalue weighted by Crippen LogP contribution is 2.16. The summed E-state index contributed by atoms with van der Waals surface area (Å²) in [5, 5.41) is 12.8. The van der Waals surface area contributed by atoms with Gasteiger partial charge in [-0.15, -0.1) is 0 Å². The van der Waals surface area contributed by atoms with Gasteiger partial charge in [-0.05, 0) is 26.0 Å². The summed E-state index contributed by atoms with van der Waals surface area (Å²) in [7, 11) is 0. The molecule has 0 spiro atoms. The Morgan fingerprint density at radius 3 is 3.05 bits per heavy atom. The van der Waals surface area contributed by atoms with Crippen LogP contribution in [0.25, 0.3) is 0 Å². The molecule has 1 amide bonds. The lowest BCUT2D eigenvalue weighted by atomic mass is 10.3. The van der Waals surface area contributed by atoms with Crippen LogP contribution in [-0.2, 0) is 6.61 Å². The predicted molar refractivity (Wildman–Crippen MR) is 67.6 cm³/mol. The fraction of sp³-hybridized carbons (Fsp3) is 0.333. The third-order valence-electron chi connectivity index (χ3n) is 2.25. The van der Waals surface area contributed by atoms with Crippen LogP contribution in [0.2, 0.25) is 0 Å². The molecule has 2 aromatic rings. The minimum atomic E-state index is -0.259. The van der Waals surface area contributed by atoms with Gasteiger partial charge in [-0.25, -0.2) is 4.98 Å². The highest BCUT2D eigenvalue weighted by Gasteiger charge is 2.14. The summed E-state index contributed by atoms with van der Waals surface area (Å²) in [6, 6.07) is 3.45. The smallest absolute Gasteiger partial charge is 0.273 e. The predicted octanol–water partition coefficient (Wildman–Crippen LogP) is 0.917. The molecule has 2 N–H and O–H groups in total. The van der Waals surface area contributed by atoms with Gasteiger partial charge >= 0.3 is 0 Å². The average molecular weight is 261 g/mol. The monoisotopic (exact) mass is 261 g/mol. The summed E-state index contributed by atoms with van der Waals surface area (Å²) >= 11 is 0. The molecule has 0 unspecified atom stereocenters. The van der Waals surface area contributed by atoms with Crippen molar-refractivity contribution in [1.29, 1.82) is 0 Å². The second-order valence-corrected chi connectivity index (χ2v) is 4.23. The van der Waals surface area contributed by atoms with E-state index in [9.17, 15) is 4.79 Å². The van der Waals surface area contributed by atoms with Crippen molar-refractivity contribution in [3.63, 3.8) is 0 Å². The van der Waals surface area contributed by atoms with E-state index in [1.807, 2.05) is 13.8 Å². The minimum absolute atomic E-state index is 0.0397. The van der Waals surface area contributed by atoms with Crippen molar-refractivity contribution >= 4 is 5.91 Å². The lowest BCUT2D eigenvalue weighted by Gasteiger charge is -2.11. The Balaban J connectivity index is 2.09. The number of H-pyrrole nitrogens is 1. The first-order chi connectivity index (χ1) is 9.16. The molecular formula is C12H15N5O2. The molecule has 0 aliphatic heterocycles. The molecule has 0 aliphatic rings. The Morgan fingerprint density at radius 2 is 2.37 bits per heavy atom. The fourth-order valence-electron chi connectivity index (χ4n) is 1.45. The topological polar surface area (TPSA) is 92.8 Å². The van der Waals surface area contributed by atoms with Gasteiger partial charge < -0.3 is 10.1 Å². The van der Waals surface area contributed by atoms with E-state index in [0.29, 0.717) is 11.4 Å². The van der Waals surface area contributed by atoms with Gasteiger partial charge in [0.15, 0.2) is 11.4 Å². The van der Waals surface area contributed by atoms with Gasteiger partial charge in [0.1, 0.15) is 12.3 Å². The number of carbonyl (C=O) groups excluding carboxylic acids is 1. The van der Waals surface area contributed by atoms with Gasteiger partial charge in [-0.1, -0.05) is 0 Å². The maximum Gasteiger partial charge on any atom is 0.273 e. The van der Waals surface area contributed by atoms with Crippen LogP contribution in [0.3, 0.4) is 0 Å². The summed E-state index contributed by atoms with van der Waals surface area (Å²) in [5.41, 5.74) is 0.916. The zero-order valence-corrected chi connectivity index (χ0v) is 10.8. The second-order valence-electron chi connectivity index (χ2n) is 4.23. The van der Waals surface area contributed by atoms with Crippen molar-refractivity contribution < 1.29 is 9.53 Å². The molecule has 0 saturated heterocycles. The van der Waals surface area contributed by atoms with Crippen LogP contribution in [0.4, 0.5) is 0 Å². The molecule has 0 saturated carbocycles. The number of hydrogen-bond donors (Lipinski definition) is 2. The Hall–Kier alpha value is -2.44. The van der Waals surface area contributed by atoms with E-state index in [-0.39, 0.29) is 24.2 Å². The Bertz CT molecular complexity index is 539. The van der Waals surface area contributed by atoms with Crippen molar-refractivity contribution in [1.82, 2.24) is 25.7 Å². The normalized spacial score (nSPS) is 10.5. The molecule has 0 radical (unpaired) electrons. The molecule has 0 aliphatic carbocycles. The number of carbonyl (C=O) groups is 1. The molecule has 0 atom stereocenters. The van der Waals surface area contributed by atoms with Crippen molar-refractivity contribution in [2.45, 2.75) is 26.5 Å². The Morgan fingerprint density at radius 1 is 1.53 bits per heavy atom. The standard InChI is InChI=1S/C12H15N5O2/c1-8(2)15-12(18)11-10(4-3-5-13-11)19-7-9-6-14-17-16-9/h3-6,8H,7H2,1-2H3,(H,15,18)(H,14,16,17). The first kappa shape index (κ1) is 13.0. The van der Waals surface area contributed by atoms with E-state index in [4.69, 9.17) is 4.74 Å². The fourth-order valence-corrected chi connectivity index (χ4v) is 1.45. The number of rotatable bonds is 5. The molecule has 7 heteroatoms. The van der Waals surface area contributed by atoms with E-state index >= 15 is 0 Å². The van der Waals surface area contributed by atoms with Crippen molar-refractivity contribution in [2.75, 3.05) is 0 Å². The number of amides is 1. The molecule has 2 heterocycles. The molecule has 0 aromatic carbocycles. The Kier molecular flexibility index (Phi) is 4.07. The number of hydrogen-bond acceptors (Lipinski definition) is 5. The van der Waals surface area contributed by atoms with Crippen molar-refractivity contribution in [2.24, 2.45) is 0 Å². The van der Waals surface area contributed by atoms with Gasteiger partial charge in [-0.3, -0.25) is 4.79 Å². The zero-order valence-electron chi connectivity index (χ0n) is 10.8. The number of ether oxygens (including phenoxy) is 1. The molecule has 0 fully saturated rings. The number of pyridine rings is 1. The number of nitrogens with zero attached hydrogens (tertiary/aromatic N) is 3. The molecule has 2 rings (SSSR count). The highest BCUT2D eigenvalue weighted by atomic mass is 16.5. The SMILES string of the molecule is CC(C)NC(=O)c1ncccc1OCc1cn[nH]n1. The van der Waals surface area contributed by atoms with Gasteiger partial charge in [0.2, 0.25) is 0 Å². The number of aromatic amines is 1. The maximum atomic E-state index is 11.9. The van der Waals surface area contributed by atoms with Crippen LogP contribution < -0.4 is 10.1 Å². The van der Waals surface area contributed by atoms with E-state index < -0.39 is 0 Å². The molecule has 2 aromatic heterocycles. The second kappa shape index (κ2) is 5.94. The van der Waals surface area contributed by atoms with Crippen LogP contribution in [0.15, 0.2) is 24.5 Å². The largest absolute Gasteiger partial charge is 0.485 e. The van der Waals surface area contributed by atoms with Gasteiger partial charge in [0.25, 0.3) is 5.91 Å². The third-order valence-corrected chi connectivity index (χ3v) is 2.25. The first-order valence-corrected chi connectivity index (χ1v) is 5.90. The molecule has 100 valence electrons. The lowest BCUT2D eigenvalue weighted by Crippen LogP contribution is -2.31. The summed E-state index contributed by atoms with van der Waals surface area (Å²) < 4.78 is 5.54. The van der Waals surface area contributed by atoms with Gasteiger partial charge in [0.05, 0.1) is 6.20 Å². The molecule has 19 heavy (non-hydrogen) atoms. The molecule has 7 nitrogen and oxygen atoms in total. The van der Waals surface area contributed by atoms with Crippen molar-refractivity contribution in [3.05, 3.63) is 35.9 Å². The summed E-state index contributed by atoms with van der Waals surface area (Å²) in [5.74, 6) is 0.161. The van der Waals surface area contributed by atoms with Crippen LogP contribution in [0.1, 0.15) is 30.0 Å². The third kappa shape index (κ3) is 3.51. The zero-order chi connectivity index (χ0) is 13.7. The summed E-state index contributed by atoms with van der Waals surface area (Å²) in [6.45, 7) is 4.00. The Labute approximate surface area is 110 Å². The van der Waals surface area contributed by atoms with E-state index in [1.54, 1.807) is 24.5 Å². The van der Waals surface area contributed by atoms with E-state index in [2.05, 4.69) is 25.7 Å². The number of nitrogens with one attached hydrogen (secondary N) is 2. The van der Waals surface area contributed by atoms with Gasteiger partial charge in [-0.2, -0.15) is 15.4 Å². The van der Waals surface area contributed by atoms with Crippen LogP contribution >= 0.6 is 0 Å².